The maximum absolute atomic E-state index is 12.5. The molecule has 3 nitrogen and oxygen atoms in total. The first-order valence-corrected chi connectivity index (χ1v) is 8.85. The molecule has 1 aliphatic heterocycles. The monoisotopic (exact) mass is 377 g/mol. The Bertz CT molecular complexity index is 547. The van der Waals surface area contributed by atoms with Crippen molar-refractivity contribution in [3.8, 4) is 0 Å². The van der Waals surface area contributed by atoms with Crippen LogP contribution in [0.1, 0.15) is 32.1 Å². The number of sulfonamides is 1. The van der Waals surface area contributed by atoms with Gasteiger partial charge in [0.1, 0.15) is 0 Å². The molecule has 2 aliphatic rings. The van der Waals surface area contributed by atoms with E-state index < -0.39 is 10.0 Å². The quantitative estimate of drug-likeness (QED) is 0.587. The average molecular weight is 377 g/mol. The molecule has 1 heterocycles. The van der Waals surface area contributed by atoms with Crippen molar-refractivity contribution >= 4 is 32.6 Å². The smallest absolute Gasteiger partial charge is 0.207 e. The van der Waals surface area contributed by atoms with Crippen LogP contribution >= 0.6 is 22.6 Å². The van der Waals surface area contributed by atoms with Gasteiger partial charge in [-0.1, -0.05) is 19.3 Å². The first kappa shape index (κ1) is 12.9. The van der Waals surface area contributed by atoms with Gasteiger partial charge in [-0.3, -0.25) is 0 Å². The Morgan fingerprint density at radius 1 is 1.06 bits per heavy atom. The molecule has 1 saturated carbocycles. The maximum atomic E-state index is 12.5. The normalized spacial score (nSPS) is 26.2. The van der Waals surface area contributed by atoms with Gasteiger partial charge in [-0.2, -0.15) is 4.31 Å². The molecule has 1 spiro atoms. The van der Waals surface area contributed by atoms with Crippen LogP contribution in [-0.2, 0) is 10.0 Å². The highest BCUT2D eigenvalue weighted by atomic mass is 127. The number of rotatable bonds is 2. The van der Waals surface area contributed by atoms with E-state index in [4.69, 9.17) is 0 Å². The highest BCUT2D eigenvalue weighted by Gasteiger charge is 2.58. The van der Waals surface area contributed by atoms with Gasteiger partial charge in [-0.25, -0.2) is 8.42 Å². The molecule has 1 aromatic rings. The molecule has 18 heavy (non-hydrogen) atoms. The van der Waals surface area contributed by atoms with Crippen LogP contribution in [0.2, 0.25) is 0 Å². The fourth-order valence-corrected chi connectivity index (χ4v) is 5.12. The maximum Gasteiger partial charge on any atom is 0.243 e. The Kier molecular flexibility index (Phi) is 3.18. The van der Waals surface area contributed by atoms with Gasteiger partial charge in [-0.05, 0) is 59.7 Å². The summed E-state index contributed by atoms with van der Waals surface area (Å²) >= 11 is 2.19. The lowest BCUT2D eigenvalue weighted by Crippen LogP contribution is -2.26. The van der Waals surface area contributed by atoms with Crippen LogP contribution in [0.4, 0.5) is 0 Å². The van der Waals surface area contributed by atoms with E-state index in [0.29, 0.717) is 4.90 Å². The number of benzene rings is 1. The predicted molar refractivity (Wildman–Crippen MR) is 78.9 cm³/mol. The summed E-state index contributed by atoms with van der Waals surface area (Å²) in [4.78, 5) is 0.436. The van der Waals surface area contributed by atoms with Crippen LogP contribution < -0.4 is 0 Å². The van der Waals surface area contributed by atoms with Crippen molar-refractivity contribution in [3.63, 3.8) is 0 Å². The second-order valence-corrected chi connectivity index (χ2v) is 8.36. The minimum absolute atomic E-state index is 0.0277. The number of halogens is 1. The molecule has 2 fully saturated rings. The van der Waals surface area contributed by atoms with Crippen LogP contribution in [-0.4, -0.2) is 24.8 Å². The third-order valence-corrected chi connectivity index (χ3v) is 6.73. The number of nitrogens with zero attached hydrogens (tertiary/aromatic N) is 1. The third-order valence-electron chi connectivity index (χ3n) is 4.05. The molecule has 0 aromatic heterocycles. The largest absolute Gasteiger partial charge is 0.243 e. The number of hydrogen-bond acceptors (Lipinski definition) is 2. The van der Waals surface area contributed by atoms with Crippen molar-refractivity contribution in [2.24, 2.45) is 0 Å². The first-order chi connectivity index (χ1) is 8.55. The van der Waals surface area contributed by atoms with Gasteiger partial charge in [0.2, 0.25) is 10.0 Å². The van der Waals surface area contributed by atoms with Crippen LogP contribution in [0.3, 0.4) is 0 Å². The summed E-state index contributed by atoms with van der Waals surface area (Å²) in [6.45, 7) is 0.724. The van der Waals surface area contributed by atoms with Gasteiger partial charge < -0.3 is 0 Å². The van der Waals surface area contributed by atoms with Crippen molar-refractivity contribution in [3.05, 3.63) is 27.8 Å². The third kappa shape index (κ3) is 2.10. The van der Waals surface area contributed by atoms with Crippen molar-refractivity contribution in [2.45, 2.75) is 42.5 Å². The van der Waals surface area contributed by atoms with Crippen LogP contribution in [0, 0.1) is 3.57 Å². The highest BCUT2D eigenvalue weighted by molar-refractivity contribution is 14.1. The fraction of sp³-hybridized carbons (Fsp3) is 0.538. The Hall–Kier alpha value is -0.140. The van der Waals surface area contributed by atoms with Crippen molar-refractivity contribution in [1.29, 1.82) is 0 Å². The standard InChI is InChI=1S/C13H16INO2S/c14-11-4-6-12(7-5-11)18(16,17)15-10-13(15)8-2-1-3-9-13/h4-7H,1-3,8-10H2. The van der Waals surface area contributed by atoms with Gasteiger partial charge in [0.05, 0.1) is 10.4 Å². The minimum Gasteiger partial charge on any atom is -0.207 e. The van der Waals surface area contributed by atoms with Gasteiger partial charge in [0.25, 0.3) is 0 Å². The molecule has 1 unspecified atom stereocenters. The second-order valence-electron chi connectivity index (χ2n) is 5.25. The zero-order valence-corrected chi connectivity index (χ0v) is 13.1. The van der Waals surface area contributed by atoms with E-state index in [1.54, 1.807) is 16.4 Å². The molecule has 0 bridgehead atoms. The van der Waals surface area contributed by atoms with Gasteiger partial charge in [0, 0.05) is 10.1 Å². The lowest BCUT2D eigenvalue weighted by Gasteiger charge is -2.22. The lowest BCUT2D eigenvalue weighted by atomic mass is 9.89. The highest BCUT2D eigenvalue weighted by Crippen LogP contribution is 2.48. The second kappa shape index (κ2) is 4.45. The molecule has 3 rings (SSSR count). The van der Waals surface area contributed by atoms with E-state index in [1.165, 1.54) is 19.3 Å². The zero-order valence-electron chi connectivity index (χ0n) is 10.1. The molecular formula is C13H16INO2S. The van der Waals surface area contributed by atoms with E-state index in [-0.39, 0.29) is 5.54 Å². The molecule has 5 heteroatoms. The van der Waals surface area contributed by atoms with Gasteiger partial charge in [0.15, 0.2) is 0 Å². The number of hydrogen-bond donors (Lipinski definition) is 0. The summed E-state index contributed by atoms with van der Waals surface area (Å²) in [7, 11) is -3.26. The first-order valence-electron chi connectivity index (χ1n) is 6.33. The minimum atomic E-state index is -3.26. The fourth-order valence-electron chi connectivity index (χ4n) is 2.92. The molecule has 0 radical (unpaired) electrons. The van der Waals surface area contributed by atoms with E-state index in [0.717, 1.165) is 23.0 Å². The Labute approximate surface area is 122 Å². The van der Waals surface area contributed by atoms with E-state index in [2.05, 4.69) is 22.6 Å². The lowest BCUT2D eigenvalue weighted by molar-refractivity contribution is 0.366. The molecule has 0 N–H and O–H groups in total. The molecule has 1 atom stereocenters. The van der Waals surface area contributed by atoms with Crippen LogP contribution in [0.15, 0.2) is 29.2 Å². The van der Waals surface area contributed by atoms with Crippen LogP contribution in [0.25, 0.3) is 0 Å². The Morgan fingerprint density at radius 2 is 1.67 bits per heavy atom. The van der Waals surface area contributed by atoms with E-state index >= 15 is 0 Å². The van der Waals surface area contributed by atoms with Gasteiger partial charge >= 0.3 is 0 Å². The molecular weight excluding hydrogens is 361 g/mol. The van der Waals surface area contributed by atoms with Gasteiger partial charge in [-0.15, -0.1) is 0 Å². The summed E-state index contributed by atoms with van der Waals surface area (Å²) in [6.07, 6.45) is 5.66. The average Bonchev–Trinajstić information content (AvgIpc) is 3.05. The molecule has 1 aromatic carbocycles. The summed E-state index contributed by atoms with van der Waals surface area (Å²) in [5.41, 5.74) is -0.0277. The SMILES string of the molecule is O=S(=O)(c1ccc(I)cc1)N1CC12CCCCC2. The molecule has 1 aliphatic carbocycles. The predicted octanol–water partition coefficient (Wildman–Crippen LogP) is 3.00. The van der Waals surface area contributed by atoms with Crippen LogP contribution in [0.5, 0.6) is 0 Å². The van der Waals surface area contributed by atoms with Crippen molar-refractivity contribution < 1.29 is 8.42 Å². The Balaban J connectivity index is 1.86. The van der Waals surface area contributed by atoms with Crippen molar-refractivity contribution in [1.82, 2.24) is 4.31 Å². The summed E-state index contributed by atoms with van der Waals surface area (Å²) in [5, 5.41) is 0. The summed E-state index contributed by atoms with van der Waals surface area (Å²) < 4.78 is 27.8. The van der Waals surface area contributed by atoms with Crippen molar-refractivity contribution in [2.75, 3.05) is 6.54 Å². The zero-order chi connectivity index (χ0) is 12.8. The Morgan fingerprint density at radius 3 is 2.28 bits per heavy atom. The topological polar surface area (TPSA) is 37.1 Å². The van der Waals surface area contributed by atoms with E-state index in [9.17, 15) is 8.42 Å². The molecule has 0 amide bonds. The molecule has 98 valence electrons. The summed E-state index contributed by atoms with van der Waals surface area (Å²) in [5.74, 6) is 0. The summed E-state index contributed by atoms with van der Waals surface area (Å²) in [6, 6.07) is 7.13. The van der Waals surface area contributed by atoms with E-state index in [1.807, 2.05) is 12.1 Å². The molecule has 1 saturated heterocycles.